The molecule has 0 aliphatic carbocycles. The molecule has 0 bridgehead atoms. The van der Waals surface area contributed by atoms with E-state index in [2.05, 4.69) is 10.2 Å². The molecule has 1 aromatic heterocycles. The molecule has 0 aromatic carbocycles. The molecule has 3 nitrogen and oxygen atoms in total. The van der Waals surface area contributed by atoms with E-state index >= 15 is 0 Å². The Morgan fingerprint density at radius 2 is 2.27 bits per heavy atom. The first-order valence-electron chi connectivity index (χ1n) is 3.36. The number of hydrogen-bond donors (Lipinski definition) is 1. The van der Waals surface area contributed by atoms with Gasteiger partial charge in [-0.25, -0.2) is 5.10 Å². The number of halogens is 1. The molecule has 0 atom stereocenters. The van der Waals surface area contributed by atoms with E-state index < -0.39 is 0 Å². The molecule has 1 rings (SSSR count). The predicted molar refractivity (Wildman–Crippen MR) is 44.0 cm³/mol. The molecule has 0 radical (unpaired) electrons. The molecule has 1 aromatic rings. The number of nitrogens with zero attached hydrogens (tertiary/aromatic N) is 1. The van der Waals surface area contributed by atoms with Crippen molar-refractivity contribution in [3.63, 3.8) is 0 Å². The van der Waals surface area contributed by atoms with Gasteiger partial charge >= 0.3 is 0 Å². The molecule has 1 N–H and O–H groups in total. The van der Waals surface area contributed by atoms with Crippen LogP contribution in [0.4, 0.5) is 0 Å². The summed E-state index contributed by atoms with van der Waals surface area (Å²) in [5.74, 6) is 0.180. The lowest BCUT2D eigenvalue weighted by molar-refractivity contribution is 0.820. The number of aromatic amines is 1. The van der Waals surface area contributed by atoms with Crippen molar-refractivity contribution in [2.24, 2.45) is 0 Å². The first-order chi connectivity index (χ1) is 5.11. The topological polar surface area (TPSA) is 45.8 Å². The molecule has 1 heterocycles. The van der Waals surface area contributed by atoms with E-state index in [1.54, 1.807) is 6.07 Å². The highest BCUT2D eigenvalue weighted by Gasteiger charge is 2.04. The molecule has 4 heteroatoms. The van der Waals surface area contributed by atoms with Gasteiger partial charge in [-0.3, -0.25) is 4.79 Å². The Kier molecular flexibility index (Phi) is 2.29. The largest absolute Gasteiger partial charge is 0.268 e. The Bertz CT molecular complexity index is 306. The van der Waals surface area contributed by atoms with Gasteiger partial charge in [0.25, 0.3) is 5.56 Å². The maximum atomic E-state index is 11.0. The second-order valence-corrected chi connectivity index (χ2v) is 3.02. The summed E-state index contributed by atoms with van der Waals surface area (Å²) < 4.78 is 0. The van der Waals surface area contributed by atoms with Crippen LogP contribution in [0.25, 0.3) is 0 Å². The Morgan fingerprint density at radius 1 is 1.64 bits per heavy atom. The minimum absolute atomic E-state index is 0.163. The second kappa shape index (κ2) is 3.05. The molecule has 11 heavy (non-hydrogen) atoms. The Labute approximate surface area is 69.4 Å². The molecule has 0 spiro atoms. The molecule has 0 unspecified atom stereocenters. The van der Waals surface area contributed by atoms with Crippen LogP contribution in [0.3, 0.4) is 0 Å². The van der Waals surface area contributed by atoms with Gasteiger partial charge in [0.1, 0.15) is 5.15 Å². The predicted octanol–water partition coefficient (Wildman–Crippen LogP) is 1.55. The molecule has 0 saturated heterocycles. The molecule has 0 saturated carbocycles. The average Bonchev–Trinajstić information content (AvgIpc) is 1.94. The lowest BCUT2D eigenvalue weighted by Crippen LogP contribution is -2.14. The summed E-state index contributed by atoms with van der Waals surface area (Å²) in [6.07, 6.45) is 0. The van der Waals surface area contributed by atoms with Crippen LogP contribution in [0.1, 0.15) is 25.3 Å². The summed E-state index contributed by atoms with van der Waals surface area (Å²) in [5, 5.41) is 6.19. The number of rotatable bonds is 1. The maximum Gasteiger partial charge on any atom is 0.267 e. The summed E-state index contributed by atoms with van der Waals surface area (Å²) in [5.41, 5.74) is 0.509. The van der Waals surface area contributed by atoms with E-state index in [0.29, 0.717) is 10.7 Å². The lowest BCUT2D eigenvalue weighted by atomic mass is 10.1. The molecule has 0 aliphatic rings. The van der Waals surface area contributed by atoms with E-state index in [1.807, 2.05) is 13.8 Å². The molecule has 0 aliphatic heterocycles. The minimum Gasteiger partial charge on any atom is -0.268 e. The Morgan fingerprint density at radius 3 is 2.73 bits per heavy atom. The van der Waals surface area contributed by atoms with Crippen LogP contribution in [0.5, 0.6) is 0 Å². The Hall–Kier alpha value is -0.830. The van der Waals surface area contributed by atoms with Crippen LogP contribution in [0, 0.1) is 0 Å². The zero-order valence-corrected chi connectivity index (χ0v) is 7.14. The maximum absolute atomic E-state index is 11.0. The summed E-state index contributed by atoms with van der Waals surface area (Å²) in [6, 6.07) is 1.59. The number of aromatic nitrogens is 2. The fourth-order valence-corrected chi connectivity index (χ4v) is 0.984. The standard InChI is InChI=1S/C7H9ClN2O/c1-4(2)5-3-6(8)9-10-7(5)11/h3-4H,1-2H3,(H,10,11). The van der Waals surface area contributed by atoms with Crippen LogP contribution in [-0.4, -0.2) is 10.2 Å². The molecule has 60 valence electrons. The number of H-pyrrole nitrogens is 1. The first-order valence-corrected chi connectivity index (χ1v) is 3.74. The molecular weight excluding hydrogens is 164 g/mol. The fraction of sp³-hybridized carbons (Fsp3) is 0.429. The van der Waals surface area contributed by atoms with E-state index in [4.69, 9.17) is 11.6 Å². The highest BCUT2D eigenvalue weighted by Crippen LogP contribution is 2.11. The van der Waals surface area contributed by atoms with Gasteiger partial charge in [0, 0.05) is 5.56 Å². The summed E-state index contributed by atoms with van der Waals surface area (Å²) in [7, 11) is 0. The highest BCUT2D eigenvalue weighted by atomic mass is 35.5. The summed E-state index contributed by atoms with van der Waals surface area (Å²) in [6.45, 7) is 3.86. The van der Waals surface area contributed by atoms with Crippen molar-refractivity contribution >= 4 is 11.6 Å². The van der Waals surface area contributed by atoms with Gasteiger partial charge in [-0.1, -0.05) is 25.4 Å². The van der Waals surface area contributed by atoms with Crippen molar-refractivity contribution < 1.29 is 0 Å². The van der Waals surface area contributed by atoms with Gasteiger partial charge in [0.05, 0.1) is 0 Å². The zero-order chi connectivity index (χ0) is 8.43. The summed E-state index contributed by atoms with van der Waals surface area (Å²) >= 11 is 5.58. The van der Waals surface area contributed by atoms with Gasteiger partial charge < -0.3 is 0 Å². The molecular formula is C7H9ClN2O. The van der Waals surface area contributed by atoms with Crippen LogP contribution >= 0.6 is 11.6 Å². The highest BCUT2D eigenvalue weighted by molar-refractivity contribution is 6.29. The normalized spacial score (nSPS) is 10.5. The fourth-order valence-electron chi connectivity index (χ4n) is 0.824. The van der Waals surface area contributed by atoms with Crippen molar-refractivity contribution in [1.29, 1.82) is 0 Å². The van der Waals surface area contributed by atoms with Gasteiger partial charge in [-0.05, 0) is 12.0 Å². The number of hydrogen-bond acceptors (Lipinski definition) is 2. The summed E-state index contributed by atoms with van der Waals surface area (Å²) in [4.78, 5) is 11.0. The van der Waals surface area contributed by atoms with Gasteiger partial charge in [0.2, 0.25) is 0 Å². The Balaban J connectivity index is 3.24. The lowest BCUT2D eigenvalue weighted by Gasteiger charge is -2.01. The number of nitrogens with one attached hydrogen (secondary N) is 1. The smallest absolute Gasteiger partial charge is 0.267 e. The second-order valence-electron chi connectivity index (χ2n) is 2.63. The van der Waals surface area contributed by atoms with Gasteiger partial charge in [0.15, 0.2) is 0 Å². The van der Waals surface area contributed by atoms with Gasteiger partial charge in [-0.2, -0.15) is 5.10 Å². The average molecular weight is 173 g/mol. The van der Waals surface area contributed by atoms with E-state index in [9.17, 15) is 4.79 Å². The third kappa shape index (κ3) is 1.80. The quantitative estimate of drug-likeness (QED) is 0.699. The van der Waals surface area contributed by atoms with Crippen LogP contribution in [0.2, 0.25) is 5.15 Å². The zero-order valence-electron chi connectivity index (χ0n) is 6.39. The first kappa shape index (κ1) is 8.27. The van der Waals surface area contributed by atoms with Crippen molar-refractivity contribution in [2.45, 2.75) is 19.8 Å². The molecule has 0 fully saturated rings. The minimum atomic E-state index is -0.163. The third-order valence-corrected chi connectivity index (χ3v) is 1.62. The van der Waals surface area contributed by atoms with Crippen LogP contribution in [0.15, 0.2) is 10.9 Å². The van der Waals surface area contributed by atoms with Crippen molar-refractivity contribution in [2.75, 3.05) is 0 Å². The van der Waals surface area contributed by atoms with Crippen molar-refractivity contribution in [1.82, 2.24) is 10.2 Å². The van der Waals surface area contributed by atoms with Crippen molar-refractivity contribution in [3.05, 3.63) is 27.1 Å². The third-order valence-electron chi connectivity index (χ3n) is 1.42. The van der Waals surface area contributed by atoms with Crippen LogP contribution < -0.4 is 5.56 Å². The monoisotopic (exact) mass is 172 g/mol. The van der Waals surface area contributed by atoms with E-state index in [0.717, 1.165) is 0 Å². The SMILES string of the molecule is CC(C)c1cc(Cl)n[nH]c1=O. The van der Waals surface area contributed by atoms with Crippen molar-refractivity contribution in [3.8, 4) is 0 Å². The van der Waals surface area contributed by atoms with Crippen LogP contribution in [-0.2, 0) is 0 Å². The molecule has 0 amide bonds. The van der Waals surface area contributed by atoms with Gasteiger partial charge in [-0.15, -0.1) is 0 Å². The van der Waals surface area contributed by atoms with E-state index in [1.165, 1.54) is 0 Å². The van der Waals surface area contributed by atoms with E-state index in [-0.39, 0.29) is 11.5 Å².